The molecule has 90 valence electrons. The number of rotatable bonds is 4. The van der Waals surface area contributed by atoms with Gasteiger partial charge in [-0.1, -0.05) is 6.92 Å². The maximum atomic E-state index is 5.81. The molecule has 0 bridgehead atoms. The van der Waals surface area contributed by atoms with Gasteiger partial charge in [-0.25, -0.2) is 0 Å². The second-order valence-corrected chi connectivity index (χ2v) is 4.42. The summed E-state index contributed by atoms with van der Waals surface area (Å²) in [5, 5.41) is 0. The molecular formula is C13H23N3. The molecule has 0 saturated carbocycles. The molecular weight excluding hydrogens is 198 g/mol. The molecule has 0 spiro atoms. The van der Waals surface area contributed by atoms with E-state index in [1.807, 2.05) is 13.8 Å². The number of aromatic nitrogens is 1. The molecule has 0 fully saturated rings. The zero-order chi connectivity index (χ0) is 12.3. The average Bonchev–Trinajstić information content (AvgIpc) is 2.26. The van der Waals surface area contributed by atoms with Gasteiger partial charge in [0.05, 0.1) is 0 Å². The van der Waals surface area contributed by atoms with Gasteiger partial charge in [-0.05, 0) is 33.3 Å². The van der Waals surface area contributed by atoms with Gasteiger partial charge in [0.2, 0.25) is 0 Å². The van der Waals surface area contributed by atoms with Crippen LogP contribution in [-0.4, -0.2) is 18.1 Å². The van der Waals surface area contributed by atoms with Crippen LogP contribution in [0.4, 0.5) is 5.69 Å². The fourth-order valence-corrected chi connectivity index (χ4v) is 1.91. The van der Waals surface area contributed by atoms with E-state index in [4.69, 9.17) is 5.73 Å². The summed E-state index contributed by atoms with van der Waals surface area (Å²) in [7, 11) is 2.13. The first-order chi connectivity index (χ1) is 7.51. The van der Waals surface area contributed by atoms with E-state index in [0.29, 0.717) is 12.6 Å². The molecule has 0 aromatic carbocycles. The molecule has 16 heavy (non-hydrogen) atoms. The normalized spacial score (nSPS) is 12.6. The summed E-state index contributed by atoms with van der Waals surface area (Å²) < 4.78 is 0. The lowest BCUT2D eigenvalue weighted by molar-refractivity contribution is 0.659. The molecule has 0 amide bonds. The summed E-state index contributed by atoms with van der Waals surface area (Å²) in [6.45, 7) is 9.04. The number of hydrogen-bond donors (Lipinski definition) is 1. The summed E-state index contributed by atoms with van der Waals surface area (Å²) in [5.41, 5.74) is 10.3. The van der Waals surface area contributed by atoms with Crippen molar-refractivity contribution in [3.05, 3.63) is 23.0 Å². The van der Waals surface area contributed by atoms with Crippen LogP contribution in [0.1, 0.15) is 37.2 Å². The molecule has 0 saturated heterocycles. The Hall–Kier alpha value is -1.09. The smallest absolute Gasteiger partial charge is 0.0448 e. The third kappa shape index (κ3) is 2.53. The molecule has 0 aliphatic heterocycles. The van der Waals surface area contributed by atoms with Crippen LogP contribution in [0.25, 0.3) is 0 Å². The van der Waals surface area contributed by atoms with Gasteiger partial charge in [0.1, 0.15) is 0 Å². The van der Waals surface area contributed by atoms with Crippen LogP contribution in [0.15, 0.2) is 6.07 Å². The topological polar surface area (TPSA) is 42.2 Å². The molecule has 1 atom stereocenters. The predicted octanol–water partition coefficient (Wildman–Crippen LogP) is 2.39. The molecule has 3 heteroatoms. The Morgan fingerprint density at radius 1 is 1.44 bits per heavy atom. The van der Waals surface area contributed by atoms with Crippen molar-refractivity contribution in [2.24, 2.45) is 5.73 Å². The fraction of sp³-hybridized carbons (Fsp3) is 0.615. The monoisotopic (exact) mass is 221 g/mol. The highest BCUT2D eigenvalue weighted by atomic mass is 15.1. The van der Waals surface area contributed by atoms with Crippen molar-refractivity contribution in [1.29, 1.82) is 0 Å². The van der Waals surface area contributed by atoms with E-state index < -0.39 is 0 Å². The Morgan fingerprint density at radius 2 is 2.06 bits per heavy atom. The van der Waals surface area contributed by atoms with E-state index in [1.165, 1.54) is 5.69 Å². The lowest BCUT2D eigenvalue weighted by Gasteiger charge is -2.29. The third-order valence-corrected chi connectivity index (χ3v) is 3.27. The summed E-state index contributed by atoms with van der Waals surface area (Å²) in [4.78, 5) is 6.76. The van der Waals surface area contributed by atoms with Crippen molar-refractivity contribution in [2.75, 3.05) is 11.9 Å². The van der Waals surface area contributed by atoms with Crippen LogP contribution >= 0.6 is 0 Å². The molecule has 0 radical (unpaired) electrons. The first-order valence-electron chi connectivity index (χ1n) is 5.91. The number of aryl methyl sites for hydroxylation is 2. The van der Waals surface area contributed by atoms with Gasteiger partial charge in [0.25, 0.3) is 0 Å². The molecule has 2 N–H and O–H groups in total. The lowest BCUT2D eigenvalue weighted by Crippen LogP contribution is -2.29. The minimum absolute atomic E-state index is 0.520. The molecule has 0 aliphatic carbocycles. The van der Waals surface area contributed by atoms with Gasteiger partial charge in [-0.2, -0.15) is 0 Å². The van der Waals surface area contributed by atoms with E-state index in [9.17, 15) is 0 Å². The van der Waals surface area contributed by atoms with E-state index in [-0.39, 0.29) is 0 Å². The summed E-state index contributed by atoms with van der Waals surface area (Å²) >= 11 is 0. The highest BCUT2D eigenvalue weighted by Crippen LogP contribution is 2.24. The second-order valence-electron chi connectivity index (χ2n) is 4.42. The summed E-state index contributed by atoms with van der Waals surface area (Å²) in [5.74, 6) is 0. The molecule has 1 aromatic heterocycles. The first kappa shape index (κ1) is 13.0. The van der Waals surface area contributed by atoms with Crippen molar-refractivity contribution in [3.8, 4) is 0 Å². The van der Waals surface area contributed by atoms with Crippen molar-refractivity contribution in [2.45, 2.75) is 46.7 Å². The molecule has 1 aromatic rings. The molecule has 1 unspecified atom stereocenters. The van der Waals surface area contributed by atoms with Crippen LogP contribution in [0.5, 0.6) is 0 Å². The van der Waals surface area contributed by atoms with E-state index in [0.717, 1.165) is 23.4 Å². The first-order valence-corrected chi connectivity index (χ1v) is 5.91. The predicted molar refractivity (Wildman–Crippen MR) is 69.8 cm³/mol. The average molecular weight is 221 g/mol. The maximum absolute atomic E-state index is 5.81. The second kappa shape index (κ2) is 5.30. The number of hydrogen-bond acceptors (Lipinski definition) is 3. The van der Waals surface area contributed by atoms with Crippen LogP contribution in [-0.2, 0) is 6.54 Å². The number of pyridine rings is 1. The van der Waals surface area contributed by atoms with Gasteiger partial charge in [0.15, 0.2) is 0 Å². The molecule has 1 rings (SSSR count). The number of nitrogens with zero attached hydrogens (tertiary/aromatic N) is 2. The quantitative estimate of drug-likeness (QED) is 0.849. The molecule has 0 aliphatic rings. The SMILES string of the molecule is CCC(C)N(C)c1cc(C)nc(C)c1CN. The highest BCUT2D eigenvalue weighted by Gasteiger charge is 2.14. The Labute approximate surface area is 98.7 Å². The summed E-state index contributed by atoms with van der Waals surface area (Å²) in [6.07, 6.45) is 1.13. The zero-order valence-electron chi connectivity index (χ0n) is 11.0. The molecule has 3 nitrogen and oxygen atoms in total. The van der Waals surface area contributed by atoms with Crippen molar-refractivity contribution in [1.82, 2.24) is 4.98 Å². The minimum Gasteiger partial charge on any atom is -0.372 e. The third-order valence-electron chi connectivity index (χ3n) is 3.27. The Balaban J connectivity index is 3.20. The van der Waals surface area contributed by atoms with Gasteiger partial charge in [0, 0.05) is 42.3 Å². The number of anilines is 1. The lowest BCUT2D eigenvalue weighted by atomic mass is 10.1. The van der Waals surface area contributed by atoms with Gasteiger partial charge in [-0.3, -0.25) is 4.98 Å². The van der Waals surface area contributed by atoms with Crippen LogP contribution < -0.4 is 10.6 Å². The van der Waals surface area contributed by atoms with Crippen LogP contribution in [0.2, 0.25) is 0 Å². The van der Waals surface area contributed by atoms with Gasteiger partial charge in [-0.15, -0.1) is 0 Å². The van der Waals surface area contributed by atoms with Crippen LogP contribution in [0, 0.1) is 13.8 Å². The standard InChI is InChI=1S/C13H23N3/c1-6-10(3)16(5)13-7-9(2)15-11(4)12(13)8-14/h7,10H,6,8,14H2,1-5H3. The van der Waals surface area contributed by atoms with Crippen LogP contribution in [0.3, 0.4) is 0 Å². The zero-order valence-corrected chi connectivity index (χ0v) is 11.0. The van der Waals surface area contributed by atoms with Crippen molar-refractivity contribution < 1.29 is 0 Å². The maximum Gasteiger partial charge on any atom is 0.0448 e. The summed E-state index contributed by atoms with van der Waals surface area (Å²) in [6, 6.07) is 2.65. The molecule has 1 heterocycles. The highest BCUT2D eigenvalue weighted by molar-refractivity contribution is 5.56. The van der Waals surface area contributed by atoms with E-state index in [2.05, 4.69) is 36.8 Å². The van der Waals surface area contributed by atoms with Gasteiger partial charge >= 0.3 is 0 Å². The minimum atomic E-state index is 0.520. The number of nitrogens with two attached hydrogens (primary N) is 1. The fourth-order valence-electron chi connectivity index (χ4n) is 1.91. The largest absolute Gasteiger partial charge is 0.372 e. The van der Waals surface area contributed by atoms with E-state index in [1.54, 1.807) is 0 Å². The Morgan fingerprint density at radius 3 is 2.56 bits per heavy atom. The van der Waals surface area contributed by atoms with Crippen molar-refractivity contribution in [3.63, 3.8) is 0 Å². The van der Waals surface area contributed by atoms with Gasteiger partial charge < -0.3 is 10.6 Å². The Bertz CT molecular complexity index is 360. The van der Waals surface area contributed by atoms with Crippen molar-refractivity contribution >= 4 is 5.69 Å². The Kier molecular flexibility index (Phi) is 4.30. The van der Waals surface area contributed by atoms with E-state index >= 15 is 0 Å².